The topological polar surface area (TPSA) is 110 Å². The lowest BCUT2D eigenvalue weighted by Crippen LogP contribution is -2.33. The van der Waals surface area contributed by atoms with Crippen LogP contribution in [0.5, 0.6) is 0 Å². The number of aromatic nitrogens is 2. The van der Waals surface area contributed by atoms with Crippen molar-refractivity contribution in [2.24, 2.45) is 5.73 Å². The van der Waals surface area contributed by atoms with E-state index in [0.717, 1.165) is 59.7 Å². The average molecular weight is 536 g/mol. The molecule has 0 radical (unpaired) electrons. The third kappa shape index (κ3) is 5.71. The van der Waals surface area contributed by atoms with Gasteiger partial charge in [0.15, 0.2) is 0 Å². The molecule has 4 aromatic rings. The van der Waals surface area contributed by atoms with E-state index >= 15 is 0 Å². The number of halogens is 1. The summed E-state index contributed by atoms with van der Waals surface area (Å²) >= 11 is 6.08. The van der Waals surface area contributed by atoms with Gasteiger partial charge in [-0.3, -0.25) is 4.72 Å². The van der Waals surface area contributed by atoms with Crippen molar-refractivity contribution in [3.8, 4) is 11.1 Å². The number of aryl methyl sites for hydroxylation is 1. The molecule has 1 heterocycles. The fourth-order valence-electron chi connectivity index (χ4n) is 4.77. The summed E-state index contributed by atoms with van der Waals surface area (Å²) in [5.74, 6) is 0.658. The first kappa shape index (κ1) is 25.4. The second kappa shape index (κ2) is 10.7. The Balaban J connectivity index is 1.37. The molecule has 0 aliphatic heterocycles. The molecule has 5 rings (SSSR count). The standard InChI is InChI=1S/C28H30ClN5O2S/c1-2-18-15-20(16-21-17-31-28(33-27(18)21)32-23-13-9-22(30)10-14-23)19-7-11-24(12-8-19)34-37(35,36)26-6-4-3-5-25(26)29/h3-8,11-12,15-17,22-23,34H,2,9-10,13-14,30H2,1H3,(H,31,32,33)/t22-,23-. The number of rotatable bonds is 7. The molecule has 1 saturated carbocycles. The Kier molecular flexibility index (Phi) is 7.33. The molecular weight excluding hydrogens is 506 g/mol. The number of anilines is 2. The number of hydrogen-bond acceptors (Lipinski definition) is 6. The third-order valence-corrected chi connectivity index (χ3v) is 8.73. The van der Waals surface area contributed by atoms with Gasteiger partial charge in [0.05, 0.1) is 10.5 Å². The number of hydrogen-bond donors (Lipinski definition) is 3. The Bertz CT molecular complexity index is 1520. The predicted octanol–water partition coefficient (Wildman–Crippen LogP) is 6.00. The van der Waals surface area contributed by atoms with E-state index in [1.165, 1.54) is 6.07 Å². The van der Waals surface area contributed by atoms with Crippen molar-refractivity contribution < 1.29 is 8.42 Å². The van der Waals surface area contributed by atoms with Crippen molar-refractivity contribution in [1.29, 1.82) is 0 Å². The highest BCUT2D eigenvalue weighted by molar-refractivity contribution is 7.92. The maximum Gasteiger partial charge on any atom is 0.263 e. The highest BCUT2D eigenvalue weighted by Gasteiger charge is 2.20. The van der Waals surface area contributed by atoms with Crippen LogP contribution in [0.15, 0.2) is 71.8 Å². The van der Waals surface area contributed by atoms with E-state index in [0.29, 0.717) is 23.7 Å². The van der Waals surface area contributed by atoms with Gasteiger partial charge in [-0.05, 0) is 85.2 Å². The van der Waals surface area contributed by atoms with Gasteiger partial charge < -0.3 is 11.1 Å². The smallest absolute Gasteiger partial charge is 0.263 e. The molecule has 0 saturated heterocycles. The quantitative estimate of drug-likeness (QED) is 0.268. The first-order valence-corrected chi connectivity index (χ1v) is 14.4. The summed E-state index contributed by atoms with van der Waals surface area (Å²) in [6.45, 7) is 2.11. The Morgan fingerprint density at radius 2 is 1.73 bits per heavy atom. The number of nitrogens with zero attached hydrogens (tertiary/aromatic N) is 2. The number of benzene rings is 3. The molecule has 0 amide bonds. The van der Waals surface area contributed by atoms with E-state index in [2.05, 4.69) is 34.1 Å². The van der Waals surface area contributed by atoms with Crippen LogP contribution in [0.25, 0.3) is 22.0 Å². The largest absolute Gasteiger partial charge is 0.351 e. The second-order valence-corrected chi connectivity index (χ2v) is 11.5. The molecule has 7 nitrogen and oxygen atoms in total. The summed E-state index contributed by atoms with van der Waals surface area (Å²) in [6.07, 6.45) is 6.81. The van der Waals surface area contributed by atoms with E-state index in [-0.39, 0.29) is 9.92 Å². The van der Waals surface area contributed by atoms with Crippen LogP contribution in [0.1, 0.15) is 38.2 Å². The normalized spacial score (nSPS) is 18.0. The SMILES string of the molecule is CCc1cc(-c2ccc(NS(=O)(=O)c3ccccc3Cl)cc2)cc2cnc(N[C@H]3CC[C@H](N)CC3)nc12. The average Bonchev–Trinajstić information content (AvgIpc) is 2.90. The van der Waals surface area contributed by atoms with Crippen LogP contribution in [-0.2, 0) is 16.4 Å². The van der Waals surface area contributed by atoms with Crippen molar-refractivity contribution in [1.82, 2.24) is 9.97 Å². The van der Waals surface area contributed by atoms with Crippen LogP contribution >= 0.6 is 11.6 Å². The number of nitrogens with two attached hydrogens (primary N) is 1. The number of sulfonamides is 1. The molecular formula is C28H30ClN5O2S. The molecule has 0 atom stereocenters. The summed E-state index contributed by atoms with van der Waals surface area (Å²) in [7, 11) is -3.79. The maximum atomic E-state index is 12.8. The first-order chi connectivity index (χ1) is 17.8. The van der Waals surface area contributed by atoms with E-state index in [1.54, 1.807) is 30.3 Å². The van der Waals surface area contributed by atoms with Crippen molar-refractivity contribution in [3.63, 3.8) is 0 Å². The van der Waals surface area contributed by atoms with Crippen LogP contribution in [0, 0.1) is 0 Å². The van der Waals surface area contributed by atoms with Crippen molar-refractivity contribution >= 4 is 44.2 Å². The van der Waals surface area contributed by atoms with E-state index in [1.807, 2.05) is 18.3 Å². The van der Waals surface area contributed by atoms with Crippen LogP contribution in [0.4, 0.5) is 11.6 Å². The zero-order valence-electron chi connectivity index (χ0n) is 20.6. The van der Waals surface area contributed by atoms with Gasteiger partial charge >= 0.3 is 0 Å². The highest BCUT2D eigenvalue weighted by Crippen LogP contribution is 2.30. The van der Waals surface area contributed by atoms with Crippen molar-refractivity contribution in [2.75, 3.05) is 10.0 Å². The molecule has 3 aromatic carbocycles. The maximum absolute atomic E-state index is 12.8. The lowest BCUT2D eigenvalue weighted by atomic mass is 9.92. The lowest BCUT2D eigenvalue weighted by Gasteiger charge is -2.26. The molecule has 0 unspecified atom stereocenters. The lowest BCUT2D eigenvalue weighted by molar-refractivity contribution is 0.410. The van der Waals surface area contributed by atoms with E-state index in [4.69, 9.17) is 22.3 Å². The van der Waals surface area contributed by atoms with Gasteiger partial charge in [-0.1, -0.05) is 42.8 Å². The molecule has 192 valence electrons. The monoisotopic (exact) mass is 535 g/mol. The molecule has 1 aliphatic rings. The summed E-state index contributed by atoms with van der Waals surface area (Å²) in [4.78, 5) is 9.47. The molecule has 1 fully saturated rings. The van der Waals surface area contributed by atoms with Crippen LogP contribution in [0.3, 0.4) is 0 Å². The van der Waals surface area contributed by atoms with Gasteiger partial charge in [0.1, 0.15) is 4.90 Å². The fraction of sp³-hybridized carbons (Fsp3) is 0.286. The molecule has 1 aliphatic carbocycles. The predicted molar refractivity (Wildman–Crippen MR) is 150 cm³/mol. The Labute approximate surface area is 222 Å². The minimum Gasteiger partial charge on any atom is -0.351 e. The Morgan fingerprint density at radius 3 is 2.43 bits per heavy atom. The summed E-state index contributed by atoms with van der Waals surface area (Å²) in [5.41, 5.74) is 10.6. The first-order valence-electron chi connectivity index (χ1n) is 12.5. The number of nitrogens with one attached hydrogen (secondary N) is 2. The molecule has 9 heteroatoms. The summed E-state index contributed by atoms with van der Waals surface area (Å²) in [6, 6.07) is 18.5. The van der Waals surface area contributed by atoms with Gasteiger partial charge in [0.25, 0.3) is 10.0 Å². The zero-order valence-corrected chi connectivity index (χ0v) is 22.2. The van der Waals surface area contributed by atoms with Gasteiger partial charge in [-0.25, -0.2) is 18.4 Å². The van der Waals surface area contributed by atoms with Gasteiger partial charge in [-0.15, -0.1) is 0 Å². The Hall–Kier alpha value is -3.20. The minimum atomic E-state index is -3.79. The van der Waals surface area contributed by atoms with E-state index in [9.17, 15) is 8.42 Å². The summed E-state index contributed by atoms with van der Waals surface area (Å²) < 4.78 is 28.1. The Morgan fingerprint density at radius 1 is 1.00 bits per heavy atom. The van der Waals surface area contributed by atoms with Gasteiger partial charge in [0.2, 0.25) is 5.95 Å². The third-order valence-electron chi connectivity index (χ3n) is 6.84. The van der Waals surface area contributed by atoms with Gasteiger partial charge in [-0.2, -0.15) is 0 Å². The molecule has 4 N–H and O–H groups in total. The van der Waals surface area contributed by atoms with Crippen LogP contribution in [0.2, 0.25) is 5.02 Å². The molecule has 1 aromatic heterocycles. The zero-order chi connectivity index (χ0) is 26.0. The van der Waals surface area contributed by atoms with Crippen molar-refractivity contribution in [2.45, 2.75) is 56.0 Å². The molecule has 0 spiro atoms. The number of fused-ring (bicyclic) bond motifs is 1. The van der Waals surface area contributed by atoms with E-state index < -0.39 is 10.0 Å². The van der Waals surface area contributed by atoms with Gasteiger partial charge in [0, 0.05) is 29.4 Å². The highest BCUT2D eigenvalue weighted by atomic mass is 35.5. The van der Waals surface area contributed by atoms with Crippen LogP contribution in [-0.4, -0.2) is 30.5 Å². The van der Waals surface area contributed by atoms with Crippen molar-refractivity contribution in [3.05, 3.63) is 77.4 Å². The molecule has 37 heavy (non-hydrogen) atoms. The summed E-state index contributed by atoms with van der Waals surface area (Å²) in [5, 5.41) is 4.63. The second-order valence-electron chi connectivity index (χ2n) is 9.49. The fourth-order valence-corrected chi connectivity index (χ4v) is 6.35. The molecule has 0 bridgehead atoms. The van der Waals surface area contributed by atoms with Crippen LogP contribution < -0.4 is 15.8 Å². The minimum absolute atomic E-state index is 0.0452.